The number of carbonyl (C=O) groups is 1. The number of ether oxygens (including phenoxy) is 1. The summed E-state index contributed by atoms with van der Waals surface area (Å²) in [6, 6.07) is 6.59. The average Bonchev–Trinajstić information content (AvgIpc) is 2.66. The fourth-order valence-corrected chi connectivity index (χ4v) is 2.79. The maximum Gasteiger partial charge on any atom is 0.320 e. The number of carbonyl (C=O) groups excluding carboxylic acids is 1. The second-order valence-electron chi connectivity index (χ2n) is 5.90. The summed E-state index contributed by atoms with van der Waals surface area (Å²) in [5, 5.41) is 3.29. The van der Waals surface area contributed by atoms with Crippen molar-refractivity contribution in [1.82, 2.24) is 5.32 Å². The summed E-state index contributed by atoms with van der Waals surface area (Å²) in [7, 11) is 0. The highest BCUT2D eigenvalue weighted by atomic mass is 79.9. The molecule has 0 spiro atoms. The number of aryl methyl sites for hydroxylation is 1. The number of rotatable bonds is 3. The third-order valence-corrected chi connectivity index (χ3v) is 3.59. The molecular formula is C15H20BrNO2. The number of hydrogen-bond donors (Lipinski definition) is 1. The first-order valence-electron chi connectivity index (χ1n) is 6.59. The number of fused-ring (bicyclic) bond motifs is 1. The topological polar surface area (TPSA) is 38.3 Å². The molecule has 3 nitrogen and oxygen atoms in total. The van der Waals surface area contributed by atoms with Crippen LogP contribution in [-0.2, 0) is 16.0 Å². The molecule has 1 unspecified atom stereocenters. The van der Waals surface area contributed by atoms with E-state index in [0.29, 0.717) is 0 Å². The molecule has 1 aliphatic carbocycles. The van der Waals surface area contributed by atoms with E-state index in [2.05, 4.69) is 33.4 Å². The van der Waals surface area contributed by atoms with Crippen molar-refractivity contribution in [3.63, 3.8) is 0 Å². The van der Waals surface area contributed by atoms with Gasteiger partial charge in [0, 0.05) is 10.5 Å². The Hall–Kier alpha value is -0.870. The zero-order chi connectivity index (χ0) is 14.0. The van der Waals surface area contributed by atoms with Crippen molar-refractivity contribution < 1.29 is 9.53 Å². The van der Waals surface area contributed by atoms with Gasteiger partial charge in [-0.15, -0.1) is 0 Å². The minimum Gasteiger partial charge on any atom is -0.459 e. The third kappa shape index (κ3) is 4.05. The molecule has 1 aromatic carbocycles. The van der Waals surface area contributed by atoms with Gasteiger partial charge in [-0.2, -0.15) is 0 Å². The van der Waals surface area contributed by atoms with Crippen LogP contribution >= 0.6 is 15.9 Å². The molecule has 0 saturated carbocycles. The van der Waals surface area contributed by atoms with Crippen molar-refractivity contribution in [3.05, 3.63) is 33.8 Å². The van der Waals surface area contributed by atoms with Gasteiger partial charge in [-0.25, -0.2) is 0 Å². The molecule has 2 rings (SSSR count). The van der Waals surface area contributed by atoms with Gasteiger partial charge < -0.3 is 10.1 Å². The molecule has 0 bridgehead atoms. The van der Waals surface area contributed by atoms with Crippen LogP contribution < -0.4 is 5.32 Å². The summed E-state index contributed by atoms with van der Waals surface area (Å²) in [4.78, 5) is 11.7. The minimum atomic E-state index is -0.419. The molecule has 19 heavy (non-hydrogen) atoms. The zero-order valence-electron chi connectivity index (χ0n) is 11.6. The molecule has 0 aromatic heterocycles. The summed E-state index contributed by atoms with van der Waals surface area (Å²) in [6.07, 6.45) is 2.09. The number of nitrogens with one attached hydrogen (secondary N) is 1. The van der Waals surface area contributed by atoms with E-state index in [9.17, 15) is 4.79 Å². The summed E-state index contributed by atoms with van der Waals surface area (Å²) in [5.74, 6) is -0.196. The van der Waals surface area contributed by atoms with Crippen molar-refractivity contribution in [2.45, 2.75) is 45.3 Å². The van der Waals surface area contributed by atoms with E-state index in [1.807, 2.05) is 26.8 Å². The predicted molar refractivity (Wildman–Crippen MR) is 79.1 cm³/mol. The highest BCUT2D eigenvalue weighted by Gasteiger charge is 2.23. The van der Waals surface area contributed by atoms with Crippen LogP contribution in [0.5, 0.6) is 0 Å². The van der Waals surface area contributed by atoms with Gasteiger partial charge in [0.25, 0.3) is 0 Å². The Balaban J connectivity index is 1.91. The van der Waals surface area contributed by atoms with Gasteiger partial charge in [0.15, 0.2) is 0 Å². The maximum absolute atomic E-state index is 11.7. The van der Waals surface area contributed by atoms with Gasteiger partial charge in [-0.05, 0) is 56.9 Å². The summed E-state index contributed by atoms with van der Waals surface area (Å²) in [5.41, 5.74) is 2.24. The number of benzene rings is 1. The Morgan fingerprint density at radius 2 is 2.21 bits per heavy atom. The fraction of sp³-hybridized carbons (Fsp3) is 0.533. The maximum atomic E-state index is 11.7. The lowest BCUT2D eigenvalue weighted by molar-refractivity contribution is -0.153. The molecule has 1 atom stereocenters. The van der Waals surface area contributed by atoms with Gasteiger partial charge in [0.1, 0.15) is 5.60 Å². The van der Waals surface area contributed by atoms with Gasteiger partial charge in [0.05, 0.1) is 6.54 Å². The first-order chi connectivity index (χ1) is 8.85. The molecule has 0 heterocycles. The number of esters is 1. The monoisotopic (exact) mass is 325 g/mol. The molecule has 0 radical (unpaired) electrons. The fourth-order valence-electron chi connectivity index (χ4n) is 2.38. The molecule has 0 fully saturated rings. The van der Waals surface area contributed by atoms with Crippen LogP contribution in [0.3, 0.4) is 0 Å². The largest absolute Gasteiger partial charge is 0.459 e. The molecule has 1 N–H and O–H groups in total. The van der Waals surface area contributed by atoms with Crippen molar-refractivity contribution in [2.24, 2.45) is 0 Å². The molecular weight excluding hydrogens is 306 g/mol. The van der Waals surface area contributed by atoms with Crippen LogP contribution in [0, 0.1) is 0 Å². The Morgan fingerprint density at radius 3 is 2.89 bits per heavy atom. The van der Waals surface area contributed by atoms with E-state index >= 15 is 0 Å². The van der Waals surface area contributed by atoms with E-state index in [1.165, 1.54) is 11.1 Å². The van der Waals surface area contributed by atoms with E-state index in [4.69, 9.17) is 4.74 Å². The van der Waals surface area contributed by atoms with Gasteiger partial charge in [-0.1, -0.05) is 22.0 Å². The molecule has 1 aliphatic rings. The lowest BCUT2D eigenvalue weighted by Gasteiger charge is -2.21. The lowest BCUT2D eigenvalue weighted by Crippen LogP contribution is -2.32. The lowest BCUT2D eigenvalue weighted by atomic mass is 10.1. The van der Waals surface area contributed by atoms with E-state index in [-0.39, 0.29) is 18.6 Å². The number of halogens is 1. The van der Waals surface area contributed by atoms with E-state index in [0.717, 1.165) is 17.3 Å². The van der Waals surface area contributed by atoms with Crippen LogP contribution in [-0.4, -0.2) is 18.1 Å². The zero-order valence-corrected chi connectivity index (χ0v) is 13.2. The SMILES string of the molecule is CC(C)(C)OC(=O)CNC1CCc2cc(Br)ccc21. The van der Waals surface area contributed by atoms with Crippen molar-refractivity contribution in [1.29, 1.82) is 0 Å². The quantitative estimate of drug-likeness (QED) is 0.866. The van der Waals surface area contributed by atoms with Gasteiger partial charge >= 0.3 is 5.97 Å². The molecule has 0 aliphatic heterocycles. The molecule has 0 saturated heterocycles. The second kappa shape index (κ2) is 5.63. The third-order valence-electron chi connectivity index (χ3n) is 3.10. The van der Waals surface area contributed by atoms with Crippen LogP contribution in [0.25, 0.3) is 0 Å². The smallest absolute Gasteiger partial charge is 0.320 e. The average molecular weight is 326 g/mol. The van der Waals surface area contributed by atoms with Crippen molar-refractivity contribution >= 4 is 21.9 Å². The highest BCUT2D eigenvalue weighted by Crippen LogP contribution is 2.32. The van der Waals surface area contributed by atoms with E-state index < -0.39 is 5.60 Å². The predicted octanol–water partition coefficient (Wildman–Crippen LogP) is 3.37. The highest BCUT2D eigenvalue weighted by molar-refractivity contribution is 9.10. The Labute approximate surface area is 122 Å². The Kier molecular flexibility index (Phi) is 4.31. The summed E-state index contributed by atoms with van der Waals surface area (Å²) >= 11 is 3.49. The summed E-state index contributed by atoms with van der Waals surface area (Å²) in [6.45, 7) is 5.91. The second-order valence-corrected chi connectivity index (χ2v) is 6.82. The molecule has 1 aromatic rings. The normalized spacial score (nSPS) is 18.2. The summed E-state index contributed by atoms with van der Waals surface area (Å²) < 4.78 is 6.41. The molecule has 4 heteroatoms. The molecule has 0 amide bonds. The van der Waals surface area contributed by atoms with Crippen LogP contribution in [0.4, 0.5) is 0 Å². The van der Waals surface area contributed by atoms with Crippen molar-refractivity contribution in [2.75, 3.05) is 6.54 Å². The van der Waals surface area contributed by atoms with Crippen LogP contribution in [0.1, 0.15) is 44.4 Å². The van der Waals surface area contributed by atoms with Crippen LogP contribution in [0.2, 0.25) is 0 Å². The minimum absolute atomic E-state index is 0.196. The Bertz CT molecular complexity index is 480. The van der Waals surface area contributed by atoms with Gasteiger partial charge in [-0.3, -0.25) is 4.79 Å². The van der Waals surface area contributed by atoms with Crippen molar-refractivity contribution in [3.8, 4) is 0 Å². The first-order valence-corrected chi connectivity index (χ1v) is 7.38. The standard InChI is InChI=1S/C15H20BrNO2/c1-15(2,3)19-14(18)9-17-13-7-4-10-8-11(16)5-6-12(10)13/h5-6,8,13,17H,4,7,9H2,1-3H3. The number of hydrogen-bond acceptors (Lipinski definition) is 3. The van der Waals surface area contributed by atoms with Crippen LogP contribution in [0.15, 0.2) is 22.7 Å². The Morgan fingerprint density at radius 1 is 1.47 bits per heavy atom. The first kappa shape index (κ1) is 14.5. The van der Waals surface area contributed by atoms with Gasteiger partial charge in [0.2, 0.25) is 0 Å². The molecule has 104 valence electrons. The van der Waals surface area contributed by atoms with E-state index in [1.54, 1.807) is 0 Å².